The highest BCUT2D eigenvalue weighted by atomic mass is 32.1. The van der Waals surface area contributed by atoms with Gasteiger partial charge in [-0.25, -0.2) is 0 Å². The van der Waals surface area contributed by atoms with Gasteiger partial charge in [-0.15, -0.1) is 0 Å². The van der Waals surface area contributed by atoms with Crippen LogP contribution in [0.15, 0.2) is 5.10 Å². The molecule has 112 valence electrons. The van der Waals surface area contributed by atoms with Crippen molar-refractivity contribution in [1.82, 2.24) is 10.7 Å². The topological polar surface area (TPSA) is 53.5 Å². The molecular formula is C15H25N3OS. The molecule has 2 N–H and O–H groups in total. The molecular weight excluding hydrogens is 270 g/mol. The summed E-state index contributed by atoms with van der Waals surface area (Å²) in [5.41, 5.74) is 3.85. The summed E-state index contributed by atoms with van der Waals surface area (Å²) in [6.07, 6.45) is 8.22. The van der Waals surface area contributed by atoms with Crippen LogP contribution >= 0.6 is 12.2 Å². The molecule has 0 unspecified atom stereocenters. The lowest BCUT2D eigenvalue weighted by atomic mass is 9.76. The van der Waals surface area contributed by atoms with Crippen molar-refractivity contribution in [1.29, 1.82) is 0 Å². The lowest BCUT2D eigenvalue weighted by molar-refractivity contribution is -0.120. The average Bonchev–Trinajstić information content (AvgIpc) is 2.35. The summed E-state index contributed by atoms with van der Waals surface area (Å²) in [6, 6.07) is 0.480. The van der Waals surface area contributed by atoms with Crippen LogP contribution < -0.4 is 10.7 Å². The van der Waals surface area contributed by atoms with Crippen molar-refractivity contribution in [2.24, 2.45) is 10.5 Å². The van der Waals surface area contributed by atoms with E-state index in [1.165, 1.54) is 32.1 Å². The van der Waals surface area contributed by atoms with Gasteiger partial charge in [0, 0.05) is 24.6 Å². The maximum atomic E-state index is 11.7. The Morgan fingerprint density at radius 2 is 1.95 bits per heavy atom. The van der Waals surface area contributed by atoms with E-state index in [-0.39, 0.29) is 11.2 Å². The van der Waals surface area contributed by atoms with Crippen LogP contribution in [0.5, 0.6) is 0 Å². The minimum Gasteiger partial charge on any atom is -0.359 e. The van der Waals surface area contributed by atoms with Gasteiger partial charge in [-0.1, -0.05) is 33.1 Å². The van der Waals surface area contributed by atoms with Gasteiger partial charge in [0.05, 0.1) is 0 Å². The number of nitrogens with one attached hydrogen (secondary N) is 2. The Hall–Kier alpha value is -0.970. The van der Waals surface area contributed by atoms with Gasteiger partial charge in [0.25, 0.3) is 0 Å². The molecule has 0 aromatic rings. The van der Waals surface area contributed by atoms with Crippen molar-refractivity contribution in [2.75, 3.05) is 0 Å². The lowest BCUT2D eigenvalue weighted by Crippen LogP contribution is -2.41. The normalized spacial score (nSPS) is 25.5. The maximum Gasteiger partial charge on any atom is 0.187 e. The third kappa shape index (κ3) is 4.85. The largest absolute Gasteiger partial charge is 0.359 e. The van der Waals surface area contributed by atoms with E-state index in [1.54, 1.807) is 0 Å². The molecule has 2 aliphatic carbocycles. The van der Waals surface area contributed by atoms with Gasteiger partial charge in [-0.05, 0) is 36.9 Å². The molecule has 0 heterocycles. The molecule has 0 saturated heterocycles. The second-order valence-corrected chi connectivity index (χ2v) is 7.24. The highest BCUT2D eigenvalue weighted by Crippen LogP contribution is 2.31. The molecule has 0 atom stereocenters. The second kappa shape index (κ2) is 6.66. The van der Waals surface area contributed by atoms with E-state index in [4.69, 9.17) is 12.2 Å². The molecule has 5 heteroatoms. The number of ketones is 1. The number of carbonyl (C=O) groups is 1. The van der Waals surface area contributed by atoms with Crippen LogP contribution in [0.25, 0.3) is 0 Å². The molecule has 20 heavy (non-hydrogen) atoms. The number of rotatable bonds is 2. The van der Waals surface area contributed by atoms with Gasteiger partial charge in [-0.3, -0.25) is 10.2 Å². The predicted molar refractivity (Wildman–Crippen MR) is 85.8 cm³/mol. The minimum atomic E-state index is 0.0221. The molecule has 2 saturated carbocycles. The van der Waals surface area contributed by atoms with Crippen molar-refractivity contribution in [3.05, 3.63) is 0 Å². The predicted octanol–water partition coefficient (Wildman–Crippen LogP) is 2.92. The average molecular weight is 295 g/mol. The number of hydrogen-bond donors (Lipinski definition) is 2. The monoisotopic (exact) mass is 295 g/mol. The zero-order valence-corrected chi connectivity index (χ0v) is 13.3. The second-order valence-electron chi connectivity index (χ2n) is 6.83. The lowest BCUT2D eigenvalue weighted by Gasteiger charge is -2.29. The van der Waals surface area contributed by atoms with Crippen LogP contribution in [0.4, 0.5) is 0 Å². The summed E-state index contributed by atoms with van der Waals surface area (Å²) >= 11 is 5.28. The van der Waals surface area contributed by atoms with E-state index in [0.717, 1.165) is 12.1 Å². The van der Waals surface area contributed by atoms with Gasteiger partial charge in [0.2, 0.25) is 0 Å². The number of carbonyl (C=O) groups excluding carboxylic acids is 1. The molecule has 0 aromatic heterocycles. The fourth-order valence-corrected chi connectivity index (χ4v) is 3.39. The summed E-state index contributed by atoms with van der Waals surface area (Å²) < 4.78 is 0. The quantitative estimate of drug-likeness (QED) is 0.607. The summed E-state index contributed by atoms with van der Waals surface area (Å²) in [4.78, 5) is 11.7. The Labute approximate surface area is 126 Å². The zero-order valence-electron chi connectivity index (χ0n) is 12.5. The molecule has 4 nitrogen and oxygen atoms in total. The van der Waals surface area contributed by atoms with Crippen LogP contribution in [0.1, 0.15) is 65.2 Å². The van der Waals surface area contributed by atoms with Crippen molar-refractivity contribution in [3.8, 4) is 0 Å². The smallest absolute Gasteiger partial charge is 0.187 e. The first-order chi connectivity index (χ1) is 9.44. The van der Waals surface area contributed by atoms with Crippen molar-refractivity contribution in [3.63, 3.8) is 0 Å². The Morgan fingerprint density at radius 1 is 1.25 bits per heavy atom. The van der Waals surface area contributed by atoms with Crippen LogP contribution in [0.2, 0.25) is 0 Å². The Kier molecular flexibility index (Phi) is 5.13. The van der Waals surface area contributed by atoms with Gasteiger partial charge < -0.3 is 5.32 Å². The first-order valence-electron chi connectivity index (χ1n) is 7.58. The summed E-state index contributed by atoms with van der Waals surface area (Å²) in [7, 11) is 0. The first-order valence-corrected chi connectivity index (χ1v) is 7.99. The molecule has 2 rings (SSSR count). The minimum absolute atomic E-state index is 0.0221. The number of nitrogens with zero attached hydrogens (tertiary/aromatic N) is 1. The van der Waals surface area contributed by atoms with Gasteiger partial charge in [-0.2, -0.15) is 5.10 Å². The number of Topliss-reactive ketones (excluding diaryl/α,β-unsaturated/α-hetero) is 1. The fraction of sp³-hybridized carbons (Fsp3) is 0.800. The Balaban J connectivity index is 1.82. The number of hydrazone groups is 1. The van der Waals surface area contributed by atoms with Crippen molar-refractivity contribution in [2.45, 2.75) is 71.3 Å². The number of hydrogen-bond acceptors (Lipinski definition) is 3. The molecule has 2 aliphatic rings. The molecule has 0 aliphatic heterocycles. The SMILES string of the molecule is CC1(C)CC(=O)CC(=NNC(=S)NC2CCCCC2)C1. The third-order valence-corrected chi connectivity index (χ3v) is 4.22. The van der Waals surface area contributed by atoms with E-state index in [0.29, 0.717) is 24.0 Å². The van der Waals surface area contributed by atoms with Gasteiger partial charge in [0.15, 0.2) is 5.11 Å². The van der Waals surface area contributed by atoms with E-state index in [9.17, 15) is 4.79 Å². The highest BCUT2D eigenvalue weighted by Gasteiger charge is 2.30. The Morgan fingerprint density at radius 3 is 2.60 bits per heavy atom. The molecule has 0 radical (unpaired) electrons. The summed E-state index contributed by atoms with van der Waals surface area (Å²) in [5, 5.41) is 8.24. The number of thiocarbonyl (C=S) groups is 1. The van der Waals surface area contributed by atoms with Gasteiger partial charge in [0.1, 0.15) is 5.78 Å². The van der Waals surface area contributed by atoms with Crippen LogP contribution in [0, 0.1) is 5.41 Å². The van der Waals surface area contributed by atoms with Gasteiger partial charge >= 0.3 is 0 Å². The van der Waals surface area contributed by atoms with E-state index >= 15 is 0 Å². The summed E-state index contributed by atoms with van der Waals surface area (Å²) in [6.45, 7) is 4.22. The van der Waals surface area contributed by atoms with Crippen LogP contribution in [-0.2, 0) is 4.79 Å². The molecule has 0 amide bonds. The van der Waals surface area contributed by atoms with Crippen LogP contribution in [0.3, 0.4) is 0 Å². The standard InChI is InChI=1S/C15H25N3OS/c1-15(2)9-12(8-13(19)10-15)17-18-14(20)16-11-6-4-3-5-7-11/h11H,3-10H2,1-2H3,(H2,16,18,20). The zero-order chi connectivity index (χ0) is 14.6. The highest BCUT2D eigenvalue weighted by molar-refractivity contribution is 7.80. The van der Waals surface area contributed by atoms with Crippen molar-refractivity contribution < 1.29 is 4.79 Å². The fourth-order valence-electron chi connectivity index (χ4n) is 3.17. The Bertz CT molecular complexity index is 411. The molecule has 0 aromatic carbocycles. The van der Waals surface area contributed by atoms with Crippen molar-refractivity contribution >= 4 is 28.8 Å². The van der Waals surface area contributed by atoms with Crippen LogP contribution in [-0.4, -0.2) is 22.6 Å². The van der Waals surface area contributed by atoms with E-state index in [2.05, 4.69) is 29.7 Å². The maximum absolute atomic E-state index is 11.7. The third-order valence-electron chi connectivity index (χ3n) is 4.02. The molecule has 2 fully saturated rings. The molecule has 0 spiro atoms. The summed E-state index contributed by atoms with van der Waals surface area (Å²) in [5.74, 6) is 0.271. The first kappa shape index (κ1) is 15.4. The van der Waals surface area contributed by atoms with E-state index in [1.807, 2.05) is 0 Å². The van der Waals surface area contributed by atoms with E-state index < -0.39 is 0 Å². The molecule has 0 bridgehead atoms.